The number of benzene rings is 2. The summed E-state index contributed by atoms with van der Waals surface area (Å²) >= 11 is 0. The number of anilines is 1. The van der Waals surface area contributed by atoms with E-state index in [9.17, 15) is 18.0 Å². The van der Waals surface area contributed by atoms with Gasteiger partial charge in [0.25, 0.3) is 0 Å². The molecule has 0 aliphatic rings. The maximum absolute atomic E-state index is 13.5. The summed E-state index contributed by atoms with van der Waals surface area (Å²) < 4.78 is 26.3. The van der Waals surface area contributed by atoms with E-state index < -0.39 is 28.5 Å². The van der Waals surface area contributed by atoms with Gasteiger partial charge in [0.1, 0.15) is 12.6 Å². The number of amides is 2. The molecule has 0 heterocycles. The van der Waals surface area contributed by atoms with Gasteiger partial charge in [0.15, 0.2) is 0 Å². The number of nitrogens with zero attached hydrogens (tertiary/aromatic N) is 2. The predicted molar refractivity (Wildman–Crippen MR) is 132 cm³/mol. The summed E-state index contributed by atoms with van der Waals surface area (Å²) in [6, 6.07) is 13.9. The number of sulfonamides is 1. The fourth-order valence-corrected chi connectivity index (χ4v) is 4.32. The van der Waals surface area contributed by atoms with Crippen molar-refractivity contribution >= 4 is 27.5 Å². The maximum atomic E-state index is 13.5. The van der Waals surface area contributed by atoms with Gasteiger partial charge in [-0.05, 0) is 62.9 Å². The highest BCUT2D eigenvalue weighted by molar-refractivity contribution is 7.92. The number of carbonyl (C=O) groups is 2. The first-order valence-electron chi connectivity index (χ1n) is 11.1. The van der Waals surface area contributed by atoms with Gasteiger partial charge in [-0.1, -0.05) is 43.3 Å². The SMILES string of the molecule is CCc1ccc(N(CC(=O)N(Cc2ccccc2C)[C@@H](C)C(=O)NC(C)C)S(C)(=O)=O)cc1. The van der Waals surface area contributed by atoms with Crippen molar-refractivity contribution in [3.63, 3.8) is 0 Å². The van der Waals surface area contributed by atoms with Crippen LogP contribution >= 0.6 is 0 Å². The number of carbonyl (C=O) groups excluding carboxylic acids is 2. The van der Waals surface area contributed by atoms with Crippen LogP contribution in [0.2, 0.25) is 0 Å². The molecule has 33 heavy (non-hydrogen) atoms. The van der Waals surface area contributed by atoms with Crippen molar-refractivity contribution in [1.29, 1.82) is 0 Å². The van der Waals surface area contributed by atoms with Crippen LogP contribution in [-0.4, -0.2) is 50.0 Å². The number of aryl methyl sites for hydroxylation is 2. The molecular formula is C25H35N3O4S. The van der Waals surface area contributed by atoms with E-state index in [2.05, 4.69) is 5.32 Å². The van der Waals surface area contributed by atoms with E-state index in [0.717, 1.165) is 33.7 Å². The molecule has 1 atom stereocenters. The monoisotopic (exact) mass is 473 g/mol. The Labute approximate surface area is 197 Å². The van der Waals surface area contributed by atoms with Crippen LogP contribution in [-0.2, 0) is 32.6 Å². The van der Waals surface area contributed by atoms with Gasteiger partial charge in [0.2, 0.25) is 21.8 Å². The third kappa shape index (κ3) is 7.32. The molecule has 0 bridgehead atoms. The molecule has 0 saturated heterocycles. The van der Waals surface area contributed by atoms with Crippen LogP contribution < -0.4 is 9.62 Å². The van der Waals surface area contributed by atoms with E-state index in [4.69, 9.17) is 0 Å². The second-order valence-electron chi connectivity index (χ2n) is 8.58. The normalized spacial score (nSPS) is 12.3. The maximum Gasteiger partial charge on any atom is 0.244 e. The molecule has 0 fully saturated rings. The minimum atomic E-state index is -3.73. The van der Waals surface area contributed by atoms with Crippen LogP contribution in [0.5, 0.6) is 0 Å². The summed E-state index contributed by atoms with van der Waals surface area (Å²) in [5.74, 6) is -0.736. The predicted octanol–water partition coefficient (Wildman–Crippen LogP) is 3.27. The summed E-state index contributed by atoms with van der Waals surface area (Å²) in [6.07, 6.45) is 1.90. The lowest BCUT2D eigenvalue weighted by atomic mass is 10.1. The van der Waals surface area contributed by atoms with E-state index in [1.807, 2.05) is 64.1 Å². The van der Waals surface area contributed by atoms with Gasteiger partial charge in [-0.25, -0.2) is 8.42 Å². The smallest absolute Gasteiger partial charge is 0.244 e. The fourth-order valence-electron chi connectivity index (χ4n) is 3.47. The minimum absolute atomic E-state index is 0.0834. The molecule has 0 unspecified atom stereocenters. The number of rotatable bonds is 10. The topological polar surface area (TPSA) is 86.8 Å². The molecule has 7 nitrogen and oxygen atoms in total. The first-order chi connectivity index (χ1) is 15.4. The first kappa shape index (κ1) is 26.4. The van der Waals surface area contributed by atoms with Crippen LogP contribution in [0.4, 0.5) is 5.69 Å². The van der Waals surface area contributed by atoms with E-state index in [1.54, 1.807) is 19.1 Å². The molecule has 2 amide bonds. The summed E-state index contributed by atoms with van der Waals surface area (Å²) in [7, 11) is -3.73. The average Bonchev–Trinajstić information content (AvgIpc) is 2.75. The van der Waals surface area contributed by atoms with Crippen molar-refractivity contribution in [1.82, 2.24) is 10.2 Å². The van der Waals surface area contributed by atoms with Crippen LogP contribution in [0.3, 0.4) is 0 Å². The molecule has 180 valence electrons. The van der Waals surface area contributed by atoms with Crippen LogP contribution in [0.1, 0.15) is 44.4 Å². The highest BCUT2D eigenvalue weighted by Crippen LogP contribution is 2.20. The van der Waals surface area contributed by atoms with E-state index in [-0.39, 0.29) is 18.5 Å². The lowest BCUT2D eigenvalue weighted by Crippen LogP contribution is -2.52. The zero-order chi connectivity index (χ0) is 24.8. The Morgan fingerprint density at radius 1 is 1.00 bits per heavy atom. The molecule has 0 spiro atoms. The molecule has 0 saturated carbocycles. The molecule has 0 aliphatic heterocycles. The molecule has 2 aromatic rings. The summed E-state index contributed by atoms with van der Waals surface area (Å²) in [4.78, 5) is 27.7. The summed E-state index contributed by atoms with van der Waals surface area (Å²) in [6.45, 7) is 9.12. The van der Waals surface area contributed by atoms with Gasteiger partial charge >= 0.3 is 0 Å². The quantitative estimate of drug-likeness (QED) is 0.574. The van der Waals surface area contributed by atoms with E-state index in [1.165, 1.54) is 4.90 Å². The molecule has 2 aromatic carbocycles. The fraction of sp³-hybridized carbons (Fsp3) is 0.440. The highest BCUT2D eigenvalue weighted by atomic mass is 32.2. The van der Waals surface area contributed by atoms with Crippen molar-refractivity contribution in [3.8, 4) is 0 Å². The third-order valence-electron chi connectivity index (χ3n) is 5.51. The Balaban J connectivity index is 2.39. The standard InChI is InChI=1S/C25H35N3O4S/c1-7-21-12-14-23(15-13-21)28(33(6,31)32)17-24(29)27(20(5)25(30)26-18(2)3)16-22-11-9-8-10-19(22)4/h8-15,18,20H,7,16-17H2,1-6H3,(H,26,30)/t20-/m0/s1. The Kier molecular flexibility index (Phi) is 9.05. The van der Waals surface area contributed by atoms with Gasteiger partial charge in [0, 0.05) is 12.6 Å². The molecular weight excluding hydrogens is 438 g/mol. The highest BCUT2D eigenvalue weighted by Gasteiger charge is 2.30. The molecule has 0 aromatic heterocycles. The van der Waals surface area contributed by atoms with Gasteiger partial charge in [-0.3, -0.25) is 13.9 Å². The molecule has 0 radical (unpaired) electrons. The van der Waals surface area contributed by atoms with Gasteiger partial charge in [0.05, 0.1) is 11.9 Å². The Morgan fingerprint density at radius 2 is 1.61 bits per heavy atom. The van der Waals surface area contributed by atoms with Gasteiger partial charge < -0.3 is 10.2 Å². The zero-order valence-corrected chi connectivity index (χ0v) is 21.1. The summed E-state index contributed by atoms with van der Waals surface area (Å²) in [5.41, 5.74) is 3.37. The van der Waals surface area contributed by atoms with Crippen molar-refractivity contribution in [2.45, 2.75) is 59.7 Å². The van der Waals surface area contributed by atoms with E-state index >= 15 is 0 Å². The van der Waals surface area contributed by atoms with Crippen molar-refractivity contribution in [2.75, 3.05) is 17.1 Å². The summed E-state index contributed by atoms with van der Waals surface area (Å²) in [5, 5.41) is 2.84. The van der Waals surface area contributed by atoms with Crippen LogP contribution in [0.25, 0.3) is 0 Å². The third-order valence-corrected chi connectivity index (χ3v) is 6.65. The first-order valence-corrected chi connectivity index (χ1v) is 13.0. The molecule has 2 rings (SSSR count). The lowest BCUT2D eigenvalue weighted by molar-refractivity contribution is -0.139. The van der Waals surface area contributed by atoms with Gasteiger partial charge in [-0.2, -0.15) is 0 Å². The second-order valence-corrected chi connectivity index (χ2v) is 10.5. The van der Waals surface area contributed by atoms with Crippen molar-refractivity contribution < 1.29 is 18.0 Å². The molecule has 8 heteroatoms. The van der Waals surface area contributed by atoms with Crippen molar-refractivity contribution in [2.24, 2.45) is 0 Å². The van der Waals surface area contributed by atoms with Crippen LogP contribution in [0, 0.1) is 6.92 Å². The largest absolute Gasteiger partial charge is 0.352 e. The van der Waals surface area contributed by atoms with E-state index in [0.29, 0.717) is 5.69 Å². The van der Waals surface area contributed by atoms with Crippen LogP contribution in [0.15, 0.2) is 48.5 Å². The number of hydrogen-bond acceptors (Lipinski definition) is 4. The molecule has 0 aliphatic carbocycles. The average molecular weight is 474 g/mol. The Morgan fingerprint density at radius 3 is 2.12 bits per heavy atom. The second kappa shape index (κ2) is 11.3. The number of nitrogens with one attached hydrogen (secondary N) is 1. The molecule has 1 N–H and O–H groups in total. The van der Waals surface area contributed by atoms with Gasteiger partial charge in [-0.15, -0.1) is 0 Å². The Bertz CT molecular complexity index is 1070. The lowest BCUT2D eigenvalue weighted by Gasteiger charge is -2.32. The van der Waals surface area contributed by atoms with Crippen molar-refractivity contribution in [3.05, 3.63) is 65.2 Å². The zero-order valence-electron chi connectivity index (χ0n) is 20.3. The minimum Gasteiger partial charge on any atom is -0.352 e. The number of hydrogen-bond donors (Lipinski definition) is 1. The Hall–Kier alpha value is -2.87.